The number of aromatic amines is 1. The van der Waals surface area contributed by atoms with Crippen LogP contribution in [0.5, 0.6) is 5.75 Å². The van der Waals surface area contributed by atoms with Gasteiger partial charge in [0.05, 0.1) is 6.61 Å². The number of thioether (sulfide) groups is 1. The first-order valence-electron chi connectivity index (χ1n) is 7.73. The summed E-state index contributed by atoms with van der Waals surface area (Å²) in [7, 11) is 0. The van der Waals surface area contributed by atoms with E-state index in [-0.39, 0.29) is 0 Å². The summed E-state index contributed by atoms with van der Waals surface area (Å²) >= 11 is 1.54. The SMILES string of the molecule is Cc1ccccc1OCCSc1nnc2c(n1)[nH]c1ccccc12. The molecule has 0 atom stereocenters. The lowest BCUT2D eigenvalue weighted by atomic mass is 10.2. The maximum atomic E-state index is 5.79. The zero-order chi connectivity index (χ0) is 16.4. The van der Waals surface area contributed by atoms with Gasteiger partial charge in [0.25, 0.3) is 0 Å². The molecule has 0 fully saturated rings. The van der Waals surface area contributed by atoms with Crippen LogP contribution >= 0.6 is 11.8 Å². The second-order valence-electron chi connectivity index (χ2n) is 5.42. The van der Waals surface area contributed by atoms with Crippen molar-refractivity contribution in [2.24, 2.45) is 0 Å². The van der Waals surface area contributed by atoms with E-state index in [1.54, 1.807) is 11.8 Å². The minimum absolute atomic E-state index is 0.601. The molecule has 0 saturated carbocycles. The van der Waals surface area contributed by atoms with Crippen molar-refractivity contribution in [1.29, 1.82) is 0 Å². The van der Waals surface area contributed by atoms with Crippen LogP contribution in [0.2, 0.25) is 0 Å². The number of hydrogen-bond acceptors (Lipinski definition) is 5. The maximum absolute atomic E-state index is 5.79. The number of fused-ring (bicyclic) bond motifs is 3. The molecule has 0 radical (unpaired) electrons. The van der Waals surface area contributed by atoms with Crippen LogP contribution in [-0.4, -0.2) is 32.5 Å². The van der Waals surface area contributed by atoms with Crippen molar-refractivity contribution in [3.8, 4) is 5.75 Å². The van der Waals surface area contributed by atoms with E-state index in [0.717, 1.165) is 39.1 Å². The number of aryl methyl sites for hydroxylation is 1. The van der Waals surface area contributed by atoms with E-state index in [0.29, 0.717) is 11.8 Å². The number of nitrogens with one attached hydrogen (secondary N) is 1. The van der Waals surface area contributed by atoms with E-state index in [4.69, 9.17) is 4.74 Å². The summed E-state index contributed by atoms with van der Waals surface area (Å²) in [6.07, 6.45) is 0. The third-order valence-electron chi connectivity index (χ3n) is 3.77. The number of benzene rings is 2. The van der Waals surface area contributed by atoms with Gasteiger partial charge in [-0.05, 0) is 24.6 Å². The first-order chi connectivity index (χ1) is 11.8. The molecule has 5 nitrogen and oxygen atoms in total. The van der Waals surface area contributed by atoms with E-state index in [2.05, 4.69) is 20.2 Å². The Labute approximate surface area is 143 Å². The van der Waals surface area contributed by atoms with Gasteiger partial charge in [0.15, 0.2) is 5.65 Å². The van der Waals surface area contributed by atoms with Gasteiger partial charge in [0.2, 0.25) is 5.16 Å². The summed E-state index contributed by atoms with van der Waals surface area (Å²) < 4.78 is 5.79. The highest BCUT2D eigenvalue weighted by Gasteiger charge is 2.09. The van der Waals surface area contributed by atoms with Crippen LogP contribution in [0.4, 0.5) is 0 Å². The summed E-state index contributed by atoms with van der Waals surface area (Å²) in [4.78, 5) is 7.84. The van der Waals surface area contributed by atoms with Crippen molar-refractivity contribution in [3.05, 3.63) is 54.1 Å². The summed E-state index contributed by atoms with van der Waals surface area (Å²) in [5.74, 6) is 1.69. The highest BCUT2D eigenvalue weighted by Crippen LogP contribution is 2.23. The molecule has 6 heteroatoms. The fourth-order valence-electron chi connectivity index (χ4n) is 2.57. The quantitative estimate of drug-likeness (QED) is 0.441. The molecule has 0 aliphatic rings. The summed E-state index contributed by atoms with van der Waals surface area (Å²) in [6, 6.07) is 16.0. The highest BCUT2D eigenvalue weighted by atomic mass is 32.2. The van der Waals surface area contributed by atoms with Crippen molar-refractivity contribution < 1.29 is 4.74 Å². The molecule has 120 valence electrons. The van der Waals surface area contributed by atoms with Crippen LogP contribution in [0, 0.1) is 6.92 Å². The van der Waals surface area contributed by atoms with Gasteiger partial charge in [-0.3, -0.25) is 0 Å². The van der Waals surface area contributed by atoms with Gasteiger partial charge in [-0.25, -0.2) is 4.98 Å². The molecule has 1 N–H and O–H groups in total. The van der Waals surface area contributed by atoms with Gasteiger partial charge in [-0.2, -0.15) is 0 Å². The first kappa shape index (κ1) is 15.0. The Morgan fingerprint density at radius 3 is 2.79 bits per heavy atom. The Bertz CT molecular complexity index is 999. The van der Waals surface area contributed by atoms with Crippen LogP contribution < -0.4 is 4.74 Å². The number of nitrogens with zero attached hydrogens (tertiary/aromatic N) is 3. The molecule has 0 bridgehead atoms. The summed E-state index contributed by atoms with van der Waals surface area (Å²) in [5, 5.41) is 10.2. The van der Waals surface area contributed by atoms with Crippen LogP contribution in [0.25, 0.3) is 22.1 Å². The molecule has 0 unspecified atom stereocenters. The van der Waals surface area contributed by atoms with Gasteiger partial charge in [-0.15, -0.1) is 10.2 Å². The van der Waals surface area contributed by atoms with Crippen molar-refractivity contribution in [3.63, 3.8) is 0 Å². The molecular formula is C18H16N4OS. The molecule has 24 heavy (non-hydrogen) atoms. The first-order valence-corrected chi connectivity index (χ1v) is 8.72. The van der Waals surface area contributed by atoms with Gasteiger partial charge >= 0.3 is 0 Å². The fourth-order valence-corrected chi connectivity index (χ4v) is 3.17. The summed E-state index contributed by atoms with van der Waals surface area (Å²) in [6.45, 7) is 2.64. The second kappa shape index (κ2) is 6.49. The molecule has 0 aliphatic heterocycles. The van der Waals surface area contributed by atoms with Crippen LogP contribution in [0.3, 0.4) is 0 Å². The third kappa shape index (κ3) is 2.92. The highest BCUT2D eigenvalue weighted by molar-refractivity contribution is 7.99. The number of hydrogen-bond donors (Lipinski definition) is 1. The molecule has 0 aliphatic carbocycles. The molecule has 2 aromatic carbocycles. The minimum atomic E-state index is 0.601. The smallest absolute Gasteiger partial charge is 0.211 e. The molecule has 2 heterocycles. The van der Waals surface area contributed by atoms with E-state index < -0.39 is 0 Å². The van der Waals surface area contributed by atoms with Gasteiger partial charge in [0.1, 0.15) is 11.3 Å². The number of H-pyrrole nitrogens is 1. The van der Waals surface area contributed by atoms with Crippen molar-refractivity contribution >= 4 is 33.8 Å². The number of para-hydroxylation sites is 2. The molecule has 0 spiro atoms. The lowest BCUT2D eigenvalue weighted by Gasteiger charge is -2.07. The average Bonchev–Trinajstić information content (AvgIpc) is 2.98. The van der Waals surface area contributed by atoms with E-state index >= 15 is 0 Å². The molecule has 4 aromatic rings. The molecule has 0 saturated heterocycles. The van der Waals surface area contributed by atoms with E-state index in [9.17, 15) is 0 Å². The molecule has 0 amide bonds. The topological polar surface area (TPSA) is 63.7 Å². The largest absolute Gasteiger partial charge is 0.492 e. The Morgan fingerprint density at radius 1 is 1.04 bits per heavy atom. The zero-order valence-electron chi connectivity index (χ0n) is 13.2. The van der Waals surface area contributed by atoms with Gasteiger partial charge < -0.3 is 9.72 Å². The van der Waals surface area contributed by atoms with E-state index in [1.807, 2.05) is 55.5 Å². The number of rotatable bonds is 5. The van der Waals surface area contributed by atoms with Crippen LogP contribution in [-0.2, 0) is 0 Å². The lowest BCUT2D eigenvalue weighted by molar-refractivity contribution is 0.341. The van der Waals surface area contributed by atoms with Crippen molar-refractivity contribution in [2.45, 2.75) is 12.1 Å². The van der Waals surface area contributed by atoms with Gasteiger partial charge in [0, 0.05) is 16.7 Å². The second-order valence-corrected chi connectivity index (χ2v) is 6.49. The normalized spacial score (nSPS) is 11.2. The number of aromatic nitrogens is 4. The van der Waals surface area contributed by atoms with Crippen molar-refractivity contribution in [2.75, 3.05) is 12.4 Å². The fraction of sp³-hybridized carbons (Fsp3) is 0.167. The van der Waals surface area contributed by atoms with Crippen LogP contribution in [0.15, 0.2) is 53.7 Å². The van der Waals surface area contributed by atoms with Crippen molar-refractivity contribution in [1.82, 2.24) is 20.2 Å². The molecule has 4 rings (SSSR count). The van der Waals surface area contributed by atoms with Gasteiger partial charge in [-0.1, -0.05) is 48.2 Å². The van der Waals surface area contributed by atoms with E-state index in [1.165, 1.54) is 0 Å². The molecule has 2 aromatic heterocycles. The zero-order valence-corrected chi connectivity index (χ0v) is 14.0. The van der Waals surface area contributed by atoms with Crippen LogP contribution in [0.1, 0.15) is 5.56 Å². The average molecular weight is 336 g/mol. The minimum Gasteiger partial charge on any atom is -0.492 e. The maximum Gasteiger partial charge on any atom is 0.211 e. The Hall–Kier alpha value is -2.60. The summed E-state index contributed by atoms with van der Waals surface area (Å²) in [5.41, 5.74) is 3.75. The Balaban J connectivity index is 1.43. The lowest BCUT2D eigenvalue weighted by Crippen LogP contribution is -2.02. The monoisotopic (exact) mass is 336 g/mol. The predicted molar refractivity (Wildman–Crippen MR) is 96.6 cm³/mol. The Morgan fingerprint density at radius 2 is 1.88 bits per heavy atom. The standard InChI is InChI=1S/C18H16N4OS/c1-12-6-2-5-9-15(12)23-10-11-24-18-20-17-16(21-22-18)13-7-3-4-8-14(13)19-17/h2-9H,10-11H2,1H3,(H,19,20,22). The molecular weight excluding hydrogens is 320 g/mol. The number of ether oxygens (including phenoxy) is 1. The Kier molecular flexibility index (Phi) is 4.04. The third-order valence-corrected chi connectivity index (χ3v) is 4.57. The predicted octanol–water partition coefficient (Wildman–Crippen LogP) is 3.99.